The quantitative estimate of drug-likeness (QED) is 0.492. The third-order valence-corrected chi connectivity index (χ3v) is 3.31. The molecule has 0 spiro atoms. The Labute approximate surface area is 80.2 Å². The molecule has 3 aliphatic rings. The summed E-state index contributed by atoms with van der Waals surface area (Å²) in [5, 5.41) is 8.98. The molecule has 0 saturated heterocycles. The molecule has 3 aliphatic carbocycles. The molecule has 4 nitrogen and oxygen atoms in total. The van der Waals surface area contributed by atoms with E-state index in [1.54, 1.807) is 6.08 Å². The number of rotatable bonds is 1. The molecule has 4 heteroatoms. The van der Waals surface area contributed by atoms with Gasteiger partial charge in [-0.3, -0.25) is 0 Å². The molecule has 0 amide bonds. The average Bonchev–Trinajstić information content (AvgIpc) is 2.69. The van der Waals surface area contributed by atoms with Crippen LogP contribution in [-0.4, -0.2) is 21.6 Å². The van der Waals surface area contributed by atoms with Crippen molar-refractivity contribution >= 4 is 11.7 Å². The van der Waals surface area contributed by atoms with Crippen LogP contribution in [0.15, 0.2) is 22.8 Å². The number of aliphatic carboxylic acids is 1. The highest BCUT2D eigenvalue weighted by Crippen LogP contribution is 2.59. The van der Waals surface area contributed by atoms with E-state index in [0.717, 1.165) is 17.6 Å². The van der Waals surface area contributed by atoms with E-state index < -0.39 is 5.97 Å². The van der Waals surface area contributed by atoms with Crippen LogP contribution in [0.5, 0.6) is 0 Å². The molecule has 0 heterocycles. The normalized spacial score (nSPS) is 32.3. The topological polar surface area (TPSA) is 73.7 Å². The van der Waals surface area contributed by atoms with E-state index in [9.17, 15) is 4.79 Å². The number of carboxylic acid groups (broad SMARTS) is 1. The maximum atomic E-state index is 11.0. The average molecular weight is 188 g/mol. The van der Waals surface area contributed by atoms with Gasteiger partial charge in [0.15, 0.2) is 5.57 Å². The second-order valence-corrected chi connectivity index (χ2v) is 4.05. The fourth-order valence-corrected chi connectivity index (χ4v) is 2.59. The summed E-state index contributed by atoms with van der Waals surface area (Å²) in [5.74, 6) is 0.213. The predicted molar refractivity (Wildman–Crippen MR) is 47.6 cm³/mol. The van der Waals surface area contributed by atoms with E-state index >= 15 is 0 Å². The molecule has 2 fully saturated rings. The molecular weight excluding hydrogens is 180 g/mol. The number of hydrogen-bond donors (Lipinski definition) is 1. The highest BCUT2D eigenvalue weighted by molar-refractivity contribution is 6.25. The van der Waals surface area contributed by atoms with Gasteiger partial charge in [0.2, 0.25) is 0 Å². The molecule has 0 bridgehead atoms. The third-order valence-electron chi connectivity index (χ3n) is 3.31. The van der Waals surface area contributed by atoms with E-state index in [2.05, 4.69) is 4.79 Å². The number of carbonyl (C=O) groups is 1. The number of hydrogen-bond acceptors (Lipinski definition) is 1. The highest BCUT2D eigenvalue weighted by Gasteiger charge is 2.52. The van der Waals surface area contributed by atoms with E-state index in [1.165, 1.54) is 6.42 Å². The van der Waals surface area contributed by atoms with Crippen LogP contribution in [0, 0.1) is 11.8 Å². The Bertz CT molecular complexity index is 467. The minimum Gasteiger partial charge on any atom is -0.477 e. The zero-order chi connectivity index (χ0) is 9.87. The summed E-state index contributed by atoms with van der Waals surface area (Å²) in [5.41, 5.74) is 11.1. The van der Waals surface area contributed by atoms with Crippen molar-refractivity contribution in [2.45, 2.75) is 12.8 Å². The molecule has 0 aliphatic heterocycles. The molecule has 2 saturated carbocycles. The zero-order valence-corrected chi connectivity index (χ0v) is 7.40. The highest BCUT2D eigenvalue weighted by atomic mass is 16.4. The van der Waals surface area contributed by atoms with Gasteiger partial charge in [0.1, 0.15) is 0 Å². The summed E-state index contributed by atoms with van der Waals surface area (Å²) in [7, 11) is 0. The number of carboxylic acids is 1. The standard InChI is InChI=1S/C10H8N2O2/c11-12-8-3-6-5-1-4(5)2-7(6)9(8)10(13)14/h3-5H,1-2H2,(H,13,14). The summed E-state index contributed by atoms with van der Waals surface area (Å²) in [6.45, 7) is 0. The van der Waals surface area contributed by atoms with E-state index in [1.807, 2.05) is 0 Å². The Kier molecular flexibility index (Phi) is 1.22. The first-order chi connectivity index (χ1) is 6.72. The van der Waals surface area contributed by atoms with Crippen molar-refractivity contribution in [1.82, 2.24) is 0 Å². The third kappa shape index (κ3) is 0.763. The van der Waals surface area contributed by atoms with E-state index in [-0.39, 0.29) is 11.3 Å². The number of allylic oxidation sites excluding steroid dienone is 3. The number of fused-ring (bicyclic) bond motifs is 3. The van der Waals surface area contributed by atoms with Crippen LogP contribution in [-0.2, 0) is 4.79 Å². The van der Waals surface area contributed by atoms with Gasteiger partial charge in [-0.15, -0.1) is 0 Å². The van der Waals surface area contributed by atoms with Gasteiger partial charge >= 0.3 is 11.7 Å². The van der Waals surface area contributed by atoms with Crippen LogP contribution < -0.4 is 0 Å². The summed E-state index contributed by atoms with van der Waals surface area (Å²) in [4.78, 5) is 14.0. The lowest BCUT2D eigenvalue weighted by Gasteiger charge is -1.98. The molecule has 2 unspecified atom stereocenters. The molecular formula is C10H8N2O2. The Balaban J connectivity index is 2.19. The summed E-state index contributed by atoms with van der Waals surface area (Å²) in [6.07, 6.45) is 3.73. The van der Waals surface area contributed by atoms with E-state index in [4.69, 9.17) is 10.6 Å². The first kappa shape index (κ1) is 7.71. The van der Waals surface area contributed by atoms with E-state index in [0.29, 0.717) is 11.8 Å². The lowest BCUT2D eigenvalue weighted by Crippen LogP contribution is -2.10. The van der Waals surface area contributed by atoms with Gasteiger partial charge in [0, 0.05) is 6.08 Å². The largest absolute Gasteiger partial charge is 0.477 e. The molecule has 14 heavy (non-hydrogen) atoms. The van der Waals surface area contributed by atoms with Crippen molar-refractivity contribution in [1.29, 1.82) is 0 Å². The molecule has 2 atom stereocenters. The van der Waals surface area contributed by atoms with Crippen LogP contribution >= 0.6 is 0 Å². The van der Waals surface area contributed by atoms with Crippen molar-refractivity contribution in [2.24, 2.45) is 11.8 Å². The molecule has 0 aromatic rings. The van der Waals surface area contributed by atoms with Gasteiger partial charge in [0.25, 0.3) is 0 Å². The van der Waals surface area contributed by atoms with Crippen LogP contribution in [0.25, 0.3) is 5.53 Å². The van der Waals surface area contributed by atoms with Crippen molar-refractivity contribution in [3.63, 3.8) is 0 Å². The molecule has 0 aromatic heterocycles. The fraction of sp³-hybridized carbons (Fsp3) is 0.400. The molecule has 1 N–H and O–H groups in total. The van der Waals surface area contributed by atoms with Crippen molar-refractivity contribution in [3.8, 4) is 0 Å². The Morgan fingerprint density at radius 1 is 1.64 bits per heavy atom. The van der Waals surface area contributed by atoms with Gasteiger partial charge in [-0.1, -0.05) is 0 Å². The lowest BCUT2D eigenvalue weighted by atomic mass is 10.0. The fourth-order valence-electron chi connectivity index (χ4n) is 2.59. The minimum absolute atomic E-state index is 0.203. The van der Waals surface area contributed by atoms with Gasteiger partial charge < -0.3 is 10.6 Å². The first-order valence-electron chi connectivity index (χ1n) is 4.63. The van der Waals surface area contributed by atoms with Gasteiger partial charge in [0.05, 0.1) is 0 Å². The van der Waals surface area contributed by atoms with Gasteiger partial charge in [-0.05, 0) is 35.8 Å². The SMILES string of the molecule is [N-]=[N+]=C1C=C2C(=C1C(=O)O)CC1CC21. The molecule has 70 valence electrons. The Hall–Kier alpha value is -1.67. The van der Waals surface area contributed by atoms with Crippen molar-refractivity contribution in [2.75, 3.05) is 0 Å². The number of nitrogens with zero attached hydrogens (tertiary/aromatic N) is 2. The van der Waals surface area contributed by atoms with Crippen molar-refractivity contribution < 1.29 is 14.7 Å². The molecule has 3 rings (SSSR count). The van der Waals surface area contributed by atoms with Crippen LogP contribution in [0.4, 0.5) is 0 Å². The summed E-state index contributed by atoms with van der Waals surface area (Å²) < 4.78 is 0. The summed E-state index contributed by atoms with van der Waals surface area (Å²) >= 11 is 0. The second-order valence-electron chi connectivity index (χ2n) is 4.05. The van der Waals surface area contributed by atoms with Crippen LogP contribution in [0.3, 0.4) is 0 Å². The minimum atomic E-state index is -0.986. The van der Waals surface area contributed by atoms with Crippen LogP contribution in [0.1, 0.15) is 12.8 Å². The first-order valence-corrected chi connectivity index (χ1v) is 4.63. The van der Waals surface area contributed by atoms with Gasteiger partial charge in [-0.25, -0.2) is 4.79 Å². The van der Waals surface area contributed by atoms with Gasteiger partial charge in [-0.2, -0.15) is 4.79 Å². The molecule has 0 radical (unpaired) electrons. The Morgan fingerprint density at radius 3 is 3.07 bits per heavy atom. The zero-order valence-electron chi connectivity index (χ0n) is 7.40. The lowest BCUT2D eigenvalue weighted by molar-refractivity contribution is -0.132. The maximum absolute atomic E-state index is 11.0. The molecule has 0 aromatic carbocycles. The second kappa shape index (κ2) is 2.22. The smallest absolute Gasteiger partial charge is 0.344 e. The monoisotopic (exact) mass is 188 g/mol. The van der Waals surface area contributed by atoms with Crippen LogP contribution in [0.2, 0.25) is 0 Å². The summed E-state index contributed by atoms with van der Waals surface area (Å²) in [6, 6.07) is 0. The predicted octanol–water partition coefficient (Wildman–Crippen LogP) is 1.02. The van der Waals surface area contributed by atoms with Crippen molar-refractivity contribution in [3.05, 3.63) is 28.3 Å². The maximum Gasteiger partial charge on any atom is 0.344 e. The Morgan fingerprint density at radius 2 is 2.43 bits per heavy atom.